The second kappa shape index (κ2) is 5.77. The van der Waals surface area contributed by atoms with Gasteiger partial charge in [-0.25, -0.2) is 0 Å². The fourth-order valence-corrected chi connectivity index (χ4v) is 1.41. The zero-order valence-corrected chi connectivity index (χ0v) is 10.1. The molecule has 0 aliphatic carbocycles. The van der Waals surface area contributed by atoms with Gasteiger partial charge < -0.3 is 5.32 Å². The molecule has 1 unspecified atom stereocenters. The molecule has 0 aliphatic rings. The molecule has 1 aromatic rings. The summed E-state index contributed by atoms with van der Waals surface area (Å²) in [4.78, 5) is 22.0. The normalized spacial score (nSPS) is 11.4. The highest BCUT2D eigenvalue weighted by molar-refractivity contribution is 5.95. The van der Waals surface area contributed by atoms with Gasteiger partial charge in [-0.3, -0.25) is 14.9 Å². The summed E-state index contributed by atoms with van der Waals surface area (Å²) in [6.07, 6.45) is 0.482. The Bertz CT molecular complexity index is 520. The summed E-state index contributed by atoms with van der Waals surface area (Å²) < 4.78 is 0. The van der Waals surface area contributed by atoms with Gasteiger partial charge in [-0.2, -0.15) is 5.26 Å². The van der Waals surface area contributed by atoms with E-state index in [4.69, 9.17) is 5.26 Å². The molecule has 0 bridgehead atoms. The van der Waals surface area contributed by atoms with Crippen LogP contribution in [0, 0.1) is 28.4 Å². The molecule has 1 N–H and O–H groups in total. The van der Waals surface area contributed by atoms with Crippen molar-refractivity contribution in [2.45, 2.75) is 26.3 Å². The fourth-order valence-electron chi connectivity index (χ4n) is 1.41. The zero-order valence-electron chi connectivity index (χ0n) is 10.1. The molecule has 6 heteroatoms. The molecule has 0 spiro atoms. The molecule has 94 valence electrons. The summed E-state index contributed by atoms with van der Waals surface area (Å²) in [7, 11) is 0. The Kier molecular flexibility index (Phi) is 4.38. The van der Waals surface area contributed by atoms with Crippen LogP contribution in [0.25, 0.3) is 0 Å². The number of amides is 1. The number of carbonyl (C=O) groups excluding carboxylic acids is 1. The fraction of sp³-hybridized carbons (Fsp3) is 0.333. The minimum absolute atomic E-state index is 0.104. The summed E-state index contributed by atoms with van der Waals surface area (Å²) in [6, 6.07) is 5.58. The van der Waals surface area contributed by atoms with Gasteiger partial charge in [-0.05, 0) is 19.4 Å². The van der Waals surface area contributed by atoms with E-state index in [-0.39, 0.29) is 11.3 Å². The predicted octanol–water partition coefficient (Wildman–Crippen LogP) is 1.94. The Morgan fingerprint density at radius 2 is 2.28 bits per heavy atom. The molecule has 6 nitrogen and oxygen atoms in total. The Balaban J connectivity index is 2.97. The van der Waals surface area contributed by atoms with Crippen molar-refractivity contribution in [3.8, 4) is 6.07 Å². The first-order valence-electron chi connectivity index (χ1n) is 5.45. The molecule has 0 saturated heterocycles. The first kappa shape index (κ1) is 13.6. The highest BCUT2D eigenvalue weighted by Crippen LogP contribution is 2.19. The minimum Gasteiger partial charge on any atom is -0.336 e. The maximum atomic E-state index is 11.8. The lowest BCUT2D eigenvalue weighted by atomic mass is 10.1. The summed E-state index contributed by atoms with van der Waals surface area (Å²) >= 11 is 0. The number of nitro benzene ring substituents is 1. The van der Waals surface area contributed by atoms with Gasteiger partial charge >= 0.3 is 0 Å². The number of nitriles is 1. The van der Waals surface area contributed by atoms with Crippen LogP contribution in [0.4, 0.5) is 5.69 Å². The molecule has 1 rings (SSSR count). The van der Waals surface area contributed by atoms with Crippen molar-refractivity contribution in [2.24, 2.45) is 0 Å². The van der Waals surface area contributed by atoms with Gasteiger partial charge in [-0.15, -0.1) is 0 Å². The van der Waals surface area contributed by atoms with Gasteiger partial charge in [0.1, 0.15) is 6.04 Å². The first-order valence-corrected chi connectivity index (χ1v) is 5.45. The maximum Gasteiger partial charge on any atom is 0.273 e. The molecule has 18 heavy (non-hydrogen) atoms. The number of nitrogens with zero attached hydrogens (tertiary/aromatic N) is 2. The van der Waals surface area contributed by atoms with Crippen molar-refractivity contribution in [2.75, 3.05) is 0 Å². The predicted molar refractivity (Wildman–Crippen MR) is 65.0 cm³/mol. The molecule has 1 amide bonds. The van der Waals surface area contributed by atoms with Gasteiger partial charge in [-0.1, -0.05) is 13.0 Å². The molecular formula is C12H13N3O3. The Morgan fingerprint density at radius 3 is 2.78 bits per heavy atom. The van der Waals surface area contributed by atoms with E-state index in [1.807, 2.05) is 6.07 Å². The highest BCUT2D eigenvalue weighted by Gasteiger charge is 2.16. The zero-order chi connectivity index (χ0) is 13.7. The Morgan fingerprint density at radius 1 is 1.61 bits per heavy atom. The average Bonchev–Trinajstić information content (AvgIpc) is 2.35. The number of hydrogen-bond acceptors (Lipinski definition) is 4. The van der Waals surface area contributed by atoms with Crippen molar-refractivity contribution in [1.29, 1.82) is 5.26 Å². The van der Waals surface area contributed by atoms with Crippen LogP contribution in [-0.2, 0) is 0 Å². The van der Waals surface area contributed by atoms with Crippen LogP contribution in [0.2, 0.25) is 0 Å². The molecule has 0 heterocycles. The van der Waals surface area contributed by atoms with Crippen LogP contribution in [0.3, 0.4) is 0 Å². The first-order chi connectivity index (χ1) is 8.49. The highest BCUT2D eigenvalue weighted by atomic mass is 16.6. The SMILES string of the molecule is CCC(C#N)NC(=O)c1ccc(C)c([N+](=O)[O-])c1. The van der Waals surface area contributed by atoms with E-state index in [9.17, 15) is 14.9 Å². The van der Waals surface area contributed by atoms with E-state index in [1.165, 1.54) is 18.2 Å². The third-order valence-corrected chi connectivity index (χ3v) is 2.54. The lowest BCUT2D eigenvalue weighted by molar-refractivity contribution is -0.385. The lowest BCUT2D eigenvalue weighted by Crippen LogP contribution is -2.33. The van der Waals surface area contributed by atoms with Crippen LogP contribution in [0.15, 0.2) is 18.2 Å². The molecule has 0 aliphatic heterocycles. The largest absolute Gasteiger partial charge is 0.336 e. The average molecular weight is 247 g/mol. The minimum atomic E-state index is -0.585. The van der Waals surface area contributed by atoms with Crippen LogP contribution in [0.5, 0.6) is 0 Å². The van der Waals surface area contributed by atoms with Crippen molar-refractivity contribution < 1.29 is 9.72 Å². The number of hydrogen-bond donors (Lipinski definition) is 1. The van der Waals surface area contributed by atoms with Crippen LogP contribution < -0.4 is 5.32 Å². The van der Waals surface area contributed by atoms with Crippen LogP contribution in [-0.4, -0.2) is 16.9 Å². The summed E-state index contributed by atoms with van der Waals surface area (Å²) in [5.41, 5.74) is 0.567. The molecule has 1 aromatic carbocycles. The summed E-state index contributed by atoms with van der Waals surface area (Å²) in [5.74, 6) is -0.480. The van der Waals surface area contributed by atoms with Crippen molar-refractivity contribution in [3.63, 3.8) is 0 Å². The van der Waals surface area contributed by atoms with E-state index in [0.29, 0.717) is 12.0 Å². The van der Waals surface area contributed by atoms with Gasteiger partial charge in [0.25, 0.3) is 11.6 Å². The summed E-state index contributed by atoms with van der Waals surface area (Å²) in [6.45, 7) is 3.37. The number of nitrogens with one attached hydrogen (secondary N) is 1. The van der Waals surface area contributed by atoms with Crippen molar-refractivity contribution in [3.05, 3.63) is 39.4 Å². The van der Waals surface area contributed by atoms with E-state index in [1.54, 1.807) is 13.8 Å². The van der Waals surface area contributed by atoms with Gasteiger partial charge in [0.15, 0.2) is 0 Å². The topological polar surface area (TPSA) is 96.0 Å². The quantitative estimate of drug-likeness (QED) is 0.649. The molecule has 0 fully saturated rings. The number of nitro groups is 1. The van der Waals surface area contributed by atoms with E-state index in [0.717, 1.165) is 0 Å². The van der Waals surface area contributed by atoms with Gasteiger partial charge in [0, 0.05) is 17.2 Å². The second-order valence-corrected chi connectivity index (χ2v) is 3.82. The molecule has 0 saturated carbocycles. The third-order valence-electron chi connectivity index (χ3n) is 2.54. The van der Waals surface area contributed by atoms with Crippen molar-refractivity contribution >= 4 is 11.6 Å². The number of benzene rings is 1. The monoisotopic (exact) mass is 247 g/mol. The lowest BCUT2D eigenvalue weighted by Gasteiger charge is -2.09. The van der Waals surface area contributed by atoms with E-state index < -0.39 is 16.9 Å². The molecule has 0 radical (unpaired) electrons. The third kappa shape index (κ3) is 3.04. The van der Waals surface area contributed by atoms with Crippen LogP contribution >= 0.6 is 0 Å². The maximum absolute atomic E-state index is 11.8. The van der Waals surface area contributed by atoms with Crippen LogP contribution in [0.1, 0.15) is 29.3 Å². The number of rotatable bonds is 4. The summed E-state index contributed by atoms with van der Waals surface area (Å²) in [5, 5.41) is 22.0. The standard InChI is InChI=1S/C12H13N3O3/c1-3-10(7-13)14-12(16)9-5-4-8(2)11(6-9)15(17)18/h4-6,10H,3H2,1-2H3,(H,14,16). The van der Waals surface area contributed by atoms with Gasteiger partial charge in [0.05, 0.1) is 11.0 Å². The number of carbonyl (C=O) groups is 1. The van der Waals surface area contributed by atoms with E-state index in [2.05, 4.69) is 5.32 Å². The number of aryl methyl sites for hydroxylation is 1. The van der Waals surface area contributed by atoms with Crippen molar-refractivity contribution in [1.82, 2.24) is 5.32 Å². The molecule has 1 atom stereocenters. The second-order valence-electron chi connectivity index (χ2n) is 3.82. The molecular weight excluding hydrogens is 234 g/mol. The Hall–Kier alpha value is -2.42. The van der Waals surface area contributed by atoms with Gasteiger partial charge in [0.2, 0.25) is 0 Å². The Labute approximate surface area is 104 Å². The smallest absolute Gasteiger partial charge is 0.273 e. The van der Waals surface area contributed by atoms with E-state index >= 15 is 0 Å². The molecule has 0 aromatic heterocycles.